The van der Waals surface area contributed by atoms with Crippen LogP contribution in [-0.2, 0) is 9.59 Å². The van der Waals surface area contributed by atoms with Crippen molar-refractivity contribution in [3.05, 3.63) is 135 Å². The average Bonchev–Trinajstić information content (AvgIpc) is 3.50. The number of benzene rings is 4. The first-order valence-electron chi connectivity index (χ1n) is 13.2. The molecule has 0 fully saturated rings. The highest BCUT2D eigenvalue weighted by Gasteiger charge is 2.16. The van der Waals surface area contributed by atoms with Crippen molar-refractivity contribution in [2.75, 3.05) is 16.4 Å². The van der Waals surface area contributed by atoms with Crippen LogP contribution in [0.3, 0.4) is 0 Å². The van der Waals surface area contributed by atoms with E-state index >= 15 is 0 Å². The number of aromatic nitrogens is 1. The van der Waals surface area contributed by atoms with E-state index in [0.717, 1.165) is 20.5 Å². The summed E-state index contributed by atoms with van der Waals surface area (Å²) in [5, 5.41) is 11.3. The Labute approximate surface area is 275 Å². The Hall–Kier alpha value is -4.22. The molecule has 0 aliphatic carbocycles. The van der Waals surface area contributed by atoms with Crippen molar-refractivity contribution in [1.82, 2.24) is 10.3 Å². The van der Waals surface area contributed by atoms with E-state index in [4.69, 9.17) is 11.6 Å². The molecule has 0 unspecified atom stereocenters. The minimum Gasteiger partial charge on any atom is -0.321 e. The van der Waals surface area contributed by atoms with Crippen molar-refractivity contribution in [3.63, 3.8) is 0 Å². The number of nitrogens with one attached hydrogen (secondary N) is 3. The fourth-order valence-corrected chi connectivity index (χ4v) is 5.85. The number of anilines is 2. The van der Waals surface area contributed by atoms with Gasteiger partial charge < -0.3 is 16.0 Å². The molecule has 3 N–H and O–H groups in total. The van der Waals surface area contributed by atoms with E-state index in [-0.39, 0.29) is 17.4 Å². The topological polar surface area (TPSA) is 100 Å². The highest BCUT2D eigenvalue weighted by Crippen LogP contribution is 2.30. The van der Waals surface area contributed by atoms with Crippen molar-refractivity contribution >= 4 is 85.2 Å². The van der Waals surface area contributed by atoms with Crippen LogP contribution in [0.4, 0.5) is 10.8 Å². The number of carbonyl (C=O) groups excluding carboxylic acids is 3. The Morgan fingerprint density at radius 2 is 1.57 bits per heavy atom. The summed E-state index contributed by atoms with van der Waals surface area (Å²) in [6.45, 7) is 0. The molecule has 220 valence electrons. The van der Waals surface area contributed by atoms with Gasteiger partial charge in [0.2, 0.25) is 5.91 Å². The lowest BCUT2D eigenvalue weighted by molar-refractivity contribution is -0.114. The monoisotopic (exact) mass is 702 g/mol. The Bertz CT molecular complexity index is 1810. The SMILES string of the molecule is O=C(CSc1ccc(NC(=O)/C(=C/c2ccc(Br)cc2)NC(=O)c2ccccc2)cc1)Nc1nc(-c2ccccc2Cl)cs1. The Morgan fingerprint density at radius 1 is 0.864 bits per heavy atom. The van der Waals surface area contributed by atoms with Gasteiger partial charge in [-0.05, 0) is 66.2 Å². The summed E-state index contributed by atoms with van der Waals surface area (Å²) in [4.78, 5) is 44.0. The molecule has 5 aromatic rings. The van der Waals surface area contributed by atoms with E-state index in [1.807, 2.05) is 66.0 Å². The Balaban J connectivity index is 1.18. The quantitative estimate of drug-likeness (QED) is 0.100. The second kappa shape index (κ2) is 15.0. The first-order valence-corrected chi connectivity index (χ1v) is 16.3. The molecule has 0 spiro atoms. The van der Waals surface area contributed by atoms with Gasteiger partial charge in [0.1, 0.15) is 5.70 Å². The number of nitrogens with zero attached hydrogens (tertiary/aromatic N) is 1. The van der Waals surface area contributed by atoms with Gasteiger partial charge >= 0.3 is 0 Å². The molecule has 4 aromatic carbocycles. The number of hydrogen-bond donors (Lipinski definition) is 3. The summed E-state index contributed by atoms with van der Waals surface area (Å²) in [7, 11) is 0. The third kappa shape index (κ3) is 8.67. The Kier molecular flexibility index (Phi) is 10.6. The van der Waals surface area contributed by atoms with E-state index in [2.05, 4.69) is 36.9 Å². The summed E-state index contributed by atoms with van der Waals surface area (Å²) in [6.07, 6.45) is 1.62. The van der Waals surface area contributed by atoms with Crippen LogP contribution in [0.15, 0.2) is 124 Å². The van der Waals surface area contributed by atoms with Gasteiger partial charge in [-0.15, -0.1) is 23.1 Å². The molecule has 0 aliphatic heterocycles. The van der Waals surface area contributed by atoms with Gasteiger partial charge in [0.25, 0.3) is 11.8 Å². The number of rotatable bonds is 10. The van der Waals surface area contributed by atoms with Crippen molar-refractivity contribution in [1.29, 1.82) is 0 Å². The first-order chi connectivity index (χ1) is 21.3. The van der Waals surface area contributed by atoms with Gasteiger partial charge in [0.15, 0.2) is 5.13 Å². The van der Waals surface area contributed by atoms with Gasteiger partial charge in [-0.25, -0.2) is 4.98 Å². The molecule has 0 radical (unpaired) electrons. The molecule has 44 heavy (non-hydrogen) atoms. The average molecular weight is 704 g/mol. The molecule has 0 bridgehead atoms. The molecule has 3 amide bonds. The number of halogens is 2. The predicted molar refractivity (Wildman–Crippen MR) is 183 cm³/mol. The zero-order chi connectivity index (χ0) is 30.9. The minimum absolute atomic E-state index is 0.0937. The third-order valence-corrected chi connectivity index (χ3v) is 8.72. The molecule has 0 saturated heterocycles. The maximum absolute atomic E-state index is 13.3. The lowest BCUT2D eigenvalue weighted by Gasteiger charge is -2.12. The molecule has 0 aliphatic rings. The van der Waals surface area contributed by atoms with Crippen LogP contribution in [-0.4, -0.2) is 28.5 Å². The second-order valence-electron chi connectivity index (χ2n) is 9.26. The van der Waals surface area contributed by atoms with Gasteiger partial charge in [-0.2, -0.15) is 0 Å². The predicted octanol–water partition coefficient (Wildman–Crippen LogP) is 8.37. The molecule has 7 nitrogen and oxygen atoms in total. The molecule has 5 rings (SSSR count). The molecule has 11 heteroatoms. The highest BCUT2D eigenvalue weighted by molar-refractivity contribution is 9.10. The van der Waals surface area contributed by atoms with Gasteiger partial charge in [-0.3, -0.25) is 14.4 Å². The first kappa shape index (κ1) is 31.2. The van der Waals surface area contributed by atoms with Crippen LogP contribution in [0, 0.1) is 0 Å². The fourth-order valence-electron chi connectivity index (χ4n) is 3.93. The number of amides is 3. The van der Waals surface area contributed by atoms with Crippen LogP contribution >= 0.6 is 50.6 Å². The van der Waals surface area contributed by atoms with Crippen LogP contribution < -0.4 is 16.0 Å². The number of thioether (sulfide) groups is 1. The van der Waals surface area contributed by atoms with Gasteiger partial charge in [-0.1, -0.05) is 76.1 Å². The zero-order valence-corrected chi connectivity index (χ0v) is 26.9. The molecule has 0 saturated carbocycles. The minimum atomic E-state index is -0.475. The molecular formula is C33H24BrClN4O3S2. The van der Waals surface area contributed by atoms with Crippen LogP contribution in [0.1, 0.15) is 15.9 Å². The normalized spacial score (nSPS) is 11.1. The van der Waals surface area contributed by atoms with Crippen molar-refractivity contribution in [2.45, 2.75) is 4.90 Å². The lowest BCUT2D eigenvalue weighted by Crippen LogP contribution is -2.30. The molecule has 0 atom stereocenters. The number of carbonyl (C=O) groups is 3. The maximum Gasteiger partial charge on any atom is 0.272 e. The van der Waals surface area contributed by atoms with E-state index in [9.17, 15) is 14.4 Å². The van der Waals surface area contributed by atoms with Gasteiger partial charge in [0.05, 0.1) is 11.4 Å². The zero-order valence-electron chi connectivity index (χ0n) is 22.9. The largest absolute Gasteiger partial charge is 0.321 e. The van der Waals surface area contributed by atoms with Crippen molar-refractivity contribution in [3.8, 4) is 11.3 Å². The van der Waals surface area contributed by atoms with Crippen molar-refractivity contribution < 1.29 is 14.4 Å². The van der Waals surface area contributed by atoms with Crippen LogP contribution in [0.5, 0.6) is 0 Å². The molecule has 1 aromatic heterocycles. The van der Waals surface area contributed by atoms with E-state index in [1.165, 1.54) is 23.1 Å². The summed E-state index contributed by atoms with van der Waals surface area (Å²) in [6, 6.07) is 30.6. The standard InChI is InChI=1S/C33H24BrClN4O3S2/c34-23-12-10-21(11-13-23)18-28(37-31(41)22-6-2-1-3-7-22)32(42)36-24-14-16-25(17-15-24)43-20-30(40)39-33-38-29(19-44-33)26-8-4-5-9-27(26)35/h1-19H,20H2,(H,36,42)(H,37,41)(H,38,39,40)/b28-18-. The Morgan fingerprint density at radius 3 is 2.30 bits per heavy atom. The van der Waals surface area contributed by atoms with E-state index in [0.29, 0.717) is 27.1 Å². The molecule has 1 heterocycles. The number of thiazole rings is 1. The van der Waals surface area contributed by atoms with E-state index < -0.39 is 11.8 Å². The summed E-state index contributed by atoms with van der Waals surface area (Å²) in [5.74, 6) is -0.883. The van der Waals surface area contributed by atoms with Crippen LogP contribution in [0.25, 0.3) is 17.3 Å². The van der Waals surface area contributed by atoms with Crippen LogP contribution in [0.2, 0.25) is 5.02 Å². The van der Waals surface area contributed by atoms with E-state index in [1.54, 1.807) is 48.5 Å². The number of hydrogen-bond acceptors (Lipinski definition) is 6. The lowest BCUT2D eigenvalue weighted by atomic mass is 10.1. The highest BCUT2D eigenvalue weighted by atomic mass is 79.9. The molecular weight excluding hydrogens is 680 g/mol. The third-order valence-electron chi connectivity index (χ3n) is 6.09. The summed E-state index contributed by atoms with van der Waals surface area (Å²) >= 11 is 12.3. The van der Waals surface area contributed by atoms with Gasteiger partial charge in [0, 0.05) is 36.6 Å². The second-order valence-corrected chi connectivity index (χ2v) is 12.5. The smallest absolute Gasteiger partial charge is 0.272 e. The maximum atomic E-state index is 13.3. The summed E-state index contributed by atoms with van der Waals surface area (Å²) in [5.41, 5.74) is 3.32. The fraction of sp³-hybridized carbons (Fsp3) is 0.0303. The summed E-state index contributed by atoms with van der Waals surface area (Å²) < 4.78 is 0.898. The van der Waals surface area contributed by atoms with Crippen molar-refractivity contribution in [2.24, 2.45) is 0 Å².